The summed E-state index contributed by atoms with van der Waals surface area (Å²) in [7, 11) is -3.45. The summed E-state index contributed by atoms with van der Waals surface area (Å²) >= 11 is 0. The molecule has 1 aliphatic heterocycles. The van der Waals surface area contributed by atoms with Gasteiger partial charge in [-0.3, -0.25) is 9.59 Å². The molecule has 1 unspecified atom stereocenters. The van der Waals surface area contributed by atoms with Gasteiger partial charge in [0.25, 0.3) is 5.91 Å². The average molecular weight is 425 g/mol. The van der Waals surface area contributed by atoms with Crippen molar-refractivity contribution in [3.8, 4) is 0 Å². The highest BCUT2D eigenvalue weighted by molar-refractivity contribution is 7.89. The number of hydrogen-bond acceptors (Lipinski definition) is 5. The third-order valence-corrected chi connectivity index (χ3v) is 6.58. The number of carbonyl (C=O) groups is 2. The molecule has 0 bridgehead atoms. The van der Waals surface area contributed by atoms with E-state index in [0.717, 1.165) is 24.8 Å². The fourth-order valence-electron chi connectivity index (χ4n) is 3.11. The lowest BCUT2D eigenvalue weighted by atomic mass is 10.1. The van der Waals surface area contributed by atoms with Gasteiger partial charge in [-0.25, -0.2) is 8.42 Å². The summed E-state index contributed by atoms with van der Waals surface area (Å²) in [5, 5.41) is 2.77. The number of nitrogens with zero attached hydrogens (tertiary/aromatic N) is 1. The number of ether oxygens (including phenoxy) is 1. The molecule has 1 heterocycles. The van der Waals surface area contributed by atoms with Gasteiger partial charge in [-0.15, -0.1) is 0 Å². The van der Waals surface area contributed by atoms with Crippen LogP contribution in [0.3, 0.4) is 0 Å². The van der Waals surface area contributed by atoms with Crippen LogP contribution in [-0.2, 0) is 30.8 Å². The molecule has 1 fully saturated rings. The van der Waals surface area contributed by atoms with E-state index in [4.69, 9.17) is 4.74 Å². The summed E-state index contributed by atoms with van der Waals surface area (Å²) in [5.74, 6) is -0.801. The number of amides is 1. The first-order valence-electron chi connectivity index (χ1n) is 10.1. The summed E-state index contributed by atoms with van der Waals surface area (Å²) in [6.45, 7) is 8.24. The number of piperidine rings is 1. The average Bonchev–Trinajstić information content (AvgIpc) is 2.66. The number of aryl methyl sites for hydroxylation is 1. The highest BCUT2D eigenvalue weighted by atomic mass is 32.2. The Morgan fingerprint density at radius 2 is 1.69 bits per heavy atom. The normalized spacial score (nSPS) is 16.8. The minimum Gasteiger partial charge on any atom is -0.453 e. The number of carbonyl (C=O) groups excluding carboxylic acids is 2. The van der Waals surface area contributed by atoms with Crippen LogP contribution in [0.15, 0.2) is 29.2 Å². The molecule has 162 valence electrons. The molecule has 7 nitrogen and oxygen atoms in total. The van der Waals surface area contributed by atoms with Crippen LogP contribution in [0.5, 0.6) is 0 Å². The molecular formula is C21H32N2O5S. The number of rotatable bonds is 7. The predicted molar refractivity (Wildman–Crippen MR) is 111 cm³/mol. The van der Waals surface area contributed by atoms with E-state index < -0.39 is 27.6 Å². The maximum absolute atomic E-state index is 12.7. The molecule has 1 aromatic rings. The van der Waals surface area contributed by atoms with Crippen molar-refractivity contribution in [3.05, 3.63) is 29.8 Å². The quantitative estimate of drug-likeness (QED) is 0.679. The van der Waals surface area contributed by atoms with E-state index in [1.165, 1.54) is 4.31 Å². The Morgan fingerprint density at radius 1 is 1.10 bits per heavy atom. The zero-order valence-corrected chi connectivity index (χ0v) is 18.5. The SMILES string of the molecule is CC(OC(=O)CCc1ccc(S(=O)(=O)N2CCCCC2)cc1)C(=O)NC(C)(C)C. The van der Waals surface area contributed by atoms with Crippen molar-refractivity contribution in [2.45, 2.75) is 76.3 Å². The van der Waals surface area contributed by atoms with E-state index in [2.05, 4.69) is 5.32 Å². The maximum Gasteiger partial charge on any atom is 0.306 e. The van der Waals surface area contributed by atoms with Crippen LogP contribution in [-0.4, -0.2) is 49.3 Å². The van der Waals surface area contributed by atoms with Gasteiger partial charge in [0.05, 0.1) is 4.90 Å². The number of esters is 1. The van der Waals surface area contributed by atoms with Crippen LogP contribution in [0.4, 0.5) is 0 Å². The molecule has 0 aromatic heterocycles. The number of sulfonamides is 1. The van der Waals surface area contributed by atoms with Crippen LogP contribution in [0.25, 0.3) is 0 Å². The summed E-state index contributed by atoms with van der Waals surface area (Å²) < 4.78 is 32.0. The smallest absolute Gasteiger partial charge is 0.306 e. The van der Waals surface area contributed by atoms with Crippen LogP contribution in [0.1, 0.15) is 58.9 Å². The van der Waals surface area contributed by atoms with Crippen molar-refractivity contribution >= 4 is 21.9 Å². The third kappa shape index (κ3) is 7.12. The maximum atomic E-state index is 12.7. The van der Waals surface area contributed by atoms with Gasteiger partial charge in [-0.1, -0.05) is 18.6 Å². The molecule has 29 heavy (non-hydrogen) atoms. The molecule has 0 saturated carbocycles. The largest absolute Gasteiger partial charge is 0.453 e. The van der Waals surface area contributed by atoms with Crippen LogP contribution in [0.2, 0.25) is 0 Å². The van der Waals surface area contributed by atoms with Crippen molar-refractivity contribution in [1.82, 2.24) is 9.62 Å². The van der Waals surface area contributed by atoms with Gasteiger partial charge < -0.3 is 10.1 Å². The molecule has 2 rings (SSSR count). The van der Waals surface area contributed by atoms with E-state index >= 15 is 0 Å². The minimum atomic E-state index is -3.45. The molecule has 1 amide bonds. The second kappa shape index (κ2) is 9.71. The standard InChI is InChI=1S/C21H32N2O5S/c1-16(20(25)22-21(2,3)4)28-19(24)13-10-17-8-11-18(12-9-17)29(26,27)23-14-6-5-7-15-23/h8-9,11-12,16H,5-7,10,13-15H2,1-4H3,(H,22,25). The Bertz CT molecular complexity index is 806. The topological polar surface area (TPSA) is 92.8 Å². The molecule has 1 saturated heterocycles. The molecule has 0 spiro atoms. The Morgan fingerprint density at radius 3 is 2.24 bits per heavy atom. The van der Waals surface area contributed by atoms with E-state index in [1.54, 1.807) is 31.2 Å². The summed E-state index contributed by atoms with van der Waals surface area (Å²) in [6, 6.07) is 6.62. The van der Waals surface area contributed by atoms with Gasteiger partial charge >= 0.3 is 5.97 Å². The molecule has 1 aromatic carbocycles. The second-order valence-electron chi connectivity index (χ2n) is 8.48. The van der Waals surface area contributed by atoms with Gasteiger partial charge in [0.2, 0.25) is 10.0 Å². The highest BCUT2D eigenvalue weighted by Crippen LogP contribution is 2.21. The summed E-state index contributed by atoms with van der Waals surface area (Å²) in [6.07, 6.45) is 2.52. The van der Waals surface area contributed by atoms with Gasteiger partial charge in [-0.2, -0.15) is 4.31 Å². The van der Waals surface area contributed by atoms with E-state index in [1.807, 2.05) is 20.8 Å². The molecule has 8 heteroatoms. The minimum absolute atomic E-state index is 0.116. The van der Waals surface area contributed by atoms with Gasteiger partial charge in [0.1, 0.15) is 0 Å². The fourth-order valence-corrected chi connectivity index (χ4v) is 4.63. The lowest BCUT2D eigenvalue weighted by molar-refractivity contribution is -0.155. The lowest BCUT2D eigenvalue weighted by Crippen LogP contribution is -2.46. The third-order valence-electron chi connectivity index (χ3n) is 4.67. The fraction of sp³-hybridized carbons (Fsp3) is 0.619. The van der Waals surface area contributed by atoms with E-state index in [0.29, 0.717) is 19.5 Å². The van der Waals surface area contributed by atoms with Crippen LogP contribution >= 0.6 is 0 Å². The van der Waals surface area contributed by atoms with Gasteiger partial charge in [0.15, 0.2) is 6.10 Å². The zero-order chi connectivity index (χ0) is 21.7. The first kappa shape index (κ1) is 23.3. The van der Waals surface area contributed by atoms with E-state index in [9.17, 15) is 18.0 Å². The first-order chi connectivity index (χ1) is 13.5. The lowest BCUT2D eigenvalue weighted by Gasteiger charge is -2.25. The Balaban J connectivity index is 1.86. The van der Waals surface area contributed by atoms with Crippen molar-refractivity contribution in [2.24, 2.45) is 0 Å². The number of nitrogens with one attached hydrogen (secondary N) is 1. The van der Waals surface area contributed by atoms with Crippen molar-refractivity contribution in [2.75, 3.05) is 13.1 Å². The van der Waals surface area contributed by atoms with Crippen molar-refractivity contribution < 1.29 is 22.7 Å². The van der Waals surface area contributed by atoms with Crippen molar-refractivity contribution in [1.29, 1.82) is 0 Å². The predicted octanol–water partition coefficient (Wildman–Crippen LogP) is 2.64. The summed E-state index contributed by atoms with van der Waals surface area (Å²) in [4.78, 5) is 24.3. The molecule has 0 aliphatic carbocycles. The zero-order valence-electron chi connectivity index (χ0n) is 17.7. The summed E-state index contributed by atoms with van der Waals surface area (Å²) in [5.41, 5.74) is 0.444. The molecule has 1 aliphatic rings. The van der Waals surface area contributed by atoms with Crippen LogP contribution < -0.4 is 5.32 Å². The van der Waals surface area contributed by atoms with Gasteiger partial charge in [-0.05, 0) is 64.7 Å². The molecule has 1 atom stereocenters. The molecular weight excluding hydrogens is 392 g/mol. The van der Waals surface area contributed by atoms with Crippen molar-refractivity contribution in [3.63, 3.8) is 0 Å². The number of hydrogen-bond donors (Lipinski definition) is 1. The van der Waals surface area contributed by atoms with Gasteiger partial charge in [0, 0.05) is 25.0 Å². The van der Waals surface area contributed by atoms with Crippen LogP contribution in [0, 0.1) is 0 Å². The number of benzene rings is 1. The van der Waals surface area contributed by atoms with E-state index in [-0.39, 0.29) is 17.2 Å². The Kier molecular flexibility index (Phi) is 7.82. The monoisotopic (exact) mass is 424 g/mol. The highest BCUT2D eigenvalue weighted by Gasteiger charge is 2.26. The molecule has 0 radical (unpaired) electrons. The first-order valence-corrected chi connectivity index (χ1v) is 11.5. The second-order valence-corrected chi connectivity index (χ2v) is 10.4. The molecule has 1 N–H and O–H groups in total. The Labute approximate surface area is 173 Å². The Hall–Kier alpha value is -1.93.